The number of aryl methyl sites for hydroxylation is 1. The molecule has 9 heteroatoms. The third-order valence-electron chi connectivity index (χ3n) is 4.97. The number of hydrogen-bond acceptors (Lipinski definition) is 4. The van der Waals surface area contributed by atoms with E-state index in [4.69, 9.17) is 23.2 Å². The lowest BCUT2D eigenvalue weighted by molar-refractivity contribution is 0.0696. The molecule has 166 valence electrons. The van der Waals surface area contributed by atoms with Crippen LogP contribution < -0.4 is 10.9 Å². The van der Waals surface area contributed by atoms with Gasteiger partial charge in [0.1, 0.15) is 0 Å². The summed E-state index contributed by atoms with van der Waals surface area (Å²) in [6.45, 7) is 0.303. The Morgan fingerprint density at radius 1 is 1.06 bits per heavy atom. The molecule has 0 unspecified atom stereocenters. The van der Waals surface area contributed by atoms with Crippen molar-refractivity contribution in [2.45, 2.75) is 12.8 Å². The van der Waals surface area contributed by atoms with Gasteiger partial charge < -0.3 is 20.1 Å². The molecule has 0 bridgehead atoms. The maximum atomic E-state index is 12.6. The summed E-state index contributed by atoms with van der Waals surface area (Å²) in [5, 5.41) is 23.1. The van der Waals surface area contributed by atoms with Crippen molar-refractivity contribution in [1.29, 1.82) is 0 Å². The lowest BCUT2D eigenvalue weighted by Gasteiger charge is -2.13. The Balaban J connectivity index is 1.77. The summed E-state index contributed by atoms with van der Waals surface area (Å²) >= 11 is 11.9. The van der Waals surface area contributed by atoms with Gasteiger partial charge in [-0.2, -0.15) is 0 Å². The SMILES string of the molecule is Cn1c(-c2cccc(C(=O)O)c2)cc(C(=O)NCCCc2ccc(Cl)c(Cl)c2)c(O)c1=O. The zero-order chi connectivity index (χ0) is 23.4. The second-order valence-corrected chi connectivity index (χ2v) is 7.96. The minimum Gasteiger partial charge on any atom is -0.502 e. The van der Waals surface area contributed by atoms with Crippen molar-refractivity contribution < 1.29 is 19.8 Å². The number of rotatable bonds is 7. The minimum absolute atomic E-state index is 0.0383. The molecule has 0 aliphatic heterocycles. The van der Waals surface area contributed by atoms with Crippen LogP contribution in [0.1, 0.15) is 32.7 Å². The van der Waals surface area contributed by atoms with E-state index in [9.17, 15) is 24.6 Å². The number of aromatic carboxylic acids is 1. The molecule has 32 heavy (non-hydrogen) atoms. The number of amides is 1. The third kappa shape index (κ3) is 5.12. The fourth-order valence-corrected chi connectivity index (χ4v) is 3.55. The smallest absolute Gasteiger partial charge is 0.335 e. The first kappa shape index (κ1) is 23.4. The molecule has 3 rings (SSSR count). The summed E-state index contributed by atoms with van der Waals surface area (Å²) in [6.07, 6.45) is 1.25. The van der Waals surface area contributed by atoms with Gasteiger partial charge in [0.2, 0.25) is 0 Å². The van der Waals surface area contributed by atoms with Crippen molar-refractivity contribution >= 4 is 35.1 Å². The van der Waals surface area contributed by atoms with E-state index in [0.717, 1.165) is 10.1 Å². The van der Waals surface area contributed by atoms with Crippen LogP contribution in [0.15, 0.2) is 53.3 Å². The van der Waals surface area contributed by atoms with E-state index in [1.807, 2.05) is 6.07 Å². The predicted octanol–water partition coefficient (Wildman–Crippen LogP) is 4.13. The van der Waals surface area contributed by atoms with E-state index in [2.05, 4.69) is 5.32 Å². The highest BCUT2D eigenvalue weighted by Gasteiger charge is 2.19. The molecule has 3 aromatic rings. The van der Waals surface area contributed by atoms with E-state index in [1.54, 1.807) is 24.3 Å². The first-order chi connectivity index (χ1) is 15.2. The van der Waals surface area contributed by atoms with Gasteiger partial charge in [0.25, 0.3) is 11.5 Å². The van der Waals surface area contributed by atoms with Gasteiger partial charge in [-0.15, -0.1) is 0 Å². The van der Waals surface area contributed by atoms with Crippen molar-refractivity contribution in [3.05, 3.63) is 85.6 Å². The van der Waals surface area contributed by atoms with Crippen molar-refractivity contribution in [1.82, 2.24) is 9.88 Å². The van der Waals surface area contributed by atoms with Gasteiger partial charge >= 0.3 is 5.97 Å². The summed E-state index contributed by atoms with van der Waals surface area (Å²) in [7, 11) is 1.43. The second-order valence-electron chi connectivity index (χ2n) is 7.15. The summed E-state index contributed by atoms with van der Waals surface area (Å²) in [4.78, 5) is 36.4. The van der Waals surface area contributed by atoms with Crippen LogP contribution in [-0.4, -0.2) is 33.2 Å². The summed E-state index contributed by atoms with van der Waals surface area (Å²) in [6, 6.07) is 12.7. The molecule has 1 aromatic heterocycles. The largest absolute Gasteiger partial charge is 0.502 e. The molecular weight excluding hydrogens is 455 g/mol. The standard InChI is InChI=1S/C23H20Cl2N2O5/c1-27-19(14-5-2-6-15(11-14)23(31)32)12-16(20(28)22(27)30)21(29)26-9-3-4-13-7-8-17(24)18(25)10-13/h2,5-8,10-12,28H,3-4,9H2,1H3,(H,26,29)(H,31,32). The Labute approximate surface area is 193 Å². The molecule has 0 fully saturated rings. The van der Waals surface area contributed by atoms with Gasteiger partial charge in [0.15, 0.2) is 5.75 Å². The molecule has 2 aromatic carbocycles. The van der Waals surface area contributed by atoms with Crippen molar-refractivity contribution in [2.75, 3.05) is 6.54 Å². The van der Waals surface area contributed by atoms with Gasteiger partial charge in [-0.1, -0.05) is 41.4 Å². The number of nitrogens with one attached hydrogen (secondary N) is 1. The lowest BCUT2D eigenvalue weighted by Crippen LogP contribution is -2.28. The topological polar surface area (TPSA) is 109 Å². The fraction of sp³-hybridized carbons (Fsp3) is 0.174. The highest BCUT2D eigenvalue weighted by molar-refractivity contribution is 6.42. The first-order valence-electron chi connectivity index (χ1n) is 9.68. The van der Waals surface area contributed by atoms with E-state index >= 15 is 0 Å². The fourth-order valence-electron chi connectivity index (χ4n) is 3.23. The Morgan fingerprint density at radius 2 is 1.81 bits per heavy atom. The van der Waals surface area contributed by atoms with Gasteiger partial charge in [0.05, 0.1) is 26.9 Å². The lowest BCUT2D eigenvalue weighted by atomic mass is 10.0. The van der Waals surface area contributed by atoms with Crippen molar-refractivity contribution in [3.63, 3.8) is 0 Å². The molecule has 3 N–H and O–H groups in total. The van der Waals surface area contributed by atoms with Crippen LogP contribution in [-0.2, 0) is 13.5 Å². The van der Waals surface area contributed by atoms with Crippen LogP contribution in [0.3, 0.4) is 0 Å². The highest BCUT2D eigenvalue weighted by Crippen LogP contribution is 2.24. The Kier molecular flexibility index (Phi) is 7.22. The molecule has 0 atom stereocenters. The number of aromatic hydroxyl groups is 1. The van der Waals surface area contributed by atoms with Crippen molar-refractivity contribution in [3.8, 4) is 17.0 Å². The quantitative estimate of drug-likeness (QED) is 0.446. The van der Waals surface area contributed by atoms with Crippen LogP contribution in [0.25, 0.3) is 11.3 Å². The molecule has 0 aliphatic carbocycles. The van der Waals surface area contributed by atoms with E-state index in [0.29, 0.717) is 40.7 Å². The Morgan fingerprint density at radius 3 is 2.50 bits per heavy atom. The Bertz CT molecular complexity index is 1250. The van der Waals surface area contributed by atoms with Crippen LogP contribution in [0.2, 0.25) is 10.0 Å². The molecule has 0 saturated carbocycles. The molecule has 7 nitrogen and oxygen atoms in total. The maximum absolute atomic E-state index is 12.6. The number of aromatic nitrogens is 1. The van der Waals surface area contributed by atoms with Gasteiger partial charge in [-0.3, -0.25) is 9.59 Å². The Hall–Kier alpha value is -3.29. The van der Waals surface area contributed by atoms with Crippen LogP contribution in [0.4, 0.5) is 0 Å². The normalized spacial score (nSPS) is 10.7. The average Bonchev–Trinajstić information content (AvgIpc) is 2.77. The molecule has 1 heterocycles. The molecule has 0 aliphatic rings. The van der Waals surface area contributed by atoms with Crippen LogP contribution in [0.5, 0.6) is 5.75 Å². The number of carboxylic acid groups (broad SMARTS) is 1. The average molecular weight is 475 g/mol. The number of carboxylic acids is 1. The minimum atomic E-state index is -1.12. The van der Waals surface area contributed by atoms with Gasteiger partial charge in [-0.25, -0.2) is 4.79 Å². The predicted molar refractivity (Wildman–Crippen MR) is 123 cm³/mol. The summed E-state index contributed by atoms with van der Waals surface area (Å²) in [5.74, 6) is -2.40. The zero-order valence-electron chi connectivity index (χ0n) is 17.1. The number of pyridine rings is 1. The van der Waals surface area contributed by atoms with E-state index in [1.165, 1.54) is 25.2 Å². The summed E-state index contributed by atoms with van der Waals surface area (Å²) < 4.78 is 1.16. The number of hydrogen-bond donors (Lipinski definition) is 3. The van der Waals surface area contributed by atoms with Crippen LogP contribution >= 0.6 is 23.2 Å². The summed E-state index contributed by atoms with van der Waals surface area (Å²) in [5.41, 5.74) is 0.791. The molecule has 0 radical (unpaired) electrons. The highest BCUT2D eigenvalue weighted by atomic mass is 35.5. The number of halogens is 2. The number of nitrogens with zero attached hydrogens (tertiary/aromatic N) is 1. The number of carbonyl (C=O) groups is 2. The molecule has 0 spiro atoms. The molecular formula is C23H20Cl2N2O5. The molecule has 1 amide bonds. The van der Waals surface area contributed by atoms with Gasteiger partial charge in [0, 0.05) is 13.6 Å². The van der Waals surface area contributed by atoms with E-state index < -0.39 is 23.2 Å². The van der Waals surface area contributed by atoms with Crippen molar-refractivity contribution in [2.24, 2.45) is 7.05 Å². The van der Waals surface area contributed by atoms with Crippen LogP contribution in [0, 0.1) is 0 Å². The number of carbonyl (C=O) groups excluding carboxylic acids is 1. The monoisotopic (exact) mass is 474 g/mol. The first-order valence-corrected chi connectivity index (χ1v) is 10.4. The van der Waals surface area contributed by atoms with E-state index in [-0.39, 0.29) is 11.1 Å². The molecule has 0 saturated heterocycles. The number of benzene rings is 2. The van der Waals surface area contributed by atoms with Gasteiger partial charge in [-0.05, 0) is 54.3 Å². The third-order valence-corrected chi connectivity index (χ3v) is 5.71. The second kappa shape index (κ2) is 9.89. The maximum Gasteiger partial charge on any atom is 0.335 e. The zero-order valence-corrected chi connectivity index (χ0v) is 18.6.